The van der Waals surface area contributed by atoms with E-state index in [0.717, 1.165) is 12.0 Å². The van der Waals surface area contributed by atoms with Crippen molar-refractivity contribution in [2.24, 2.45) is 11.8 Å². The van der Waals surface area contributed by atoms with E-state index >= 15 is 0 Å². The maximum Gasteiger partial charge on any atom is 0.326 e. The van der Waals surface area contributed by atoms with Crippen LogP contribution in [0.3, 0.4) is 0 Å². The lowest BCUT2D eigenvalue weighted by molar-refractivity contribution is -0.142. The molecule has 4 nitrogen and oxygen atoms in total. The number of rotatable bonds is 7. The number of amides is 1. The number of carboxylic acid groups (broad SMARTS) is 1. The molecule has 0 aliphatic carbocycles. The first kappa shape index (κ1) is 16.2. The van der Waals surface area contributed by atoms with Gasteiger partial charge in [0.15, 0.2) is 0 Å². The predicted molar refractivity (Wildman–Crippen MR) is 78.3 cm³/mol. The second-order valence-corrected chi connectivity index (χ2v) is 5.26. The second-order valence-electron chi connectivity index (χ2n) is 5.26. The topological polar surface area (TPSA) is 66.4 Å². The molecule has 0 heterocycles. The van der Waals surface area contributed by atoms with Crippen molar-refractivity contribution in [1.82, 2.24) is 5.32 Å². The van der Waals surface area contributed by atoms with Gasteiger partial charge in [-0.25, -0.2) is 4.79 Å². The first-order valence-corrected chi connectivity index (χ1v) is 7.02. The fourth-order valence-electron chi connectivity index (χ4n) is 1.97. The molecule has 2 N–H and O–H groups in total. The Morgan fingerprint density at radius 1 is 1.20 bits per heavy atom. The summed E-state index contributed by atoms with van der Waals surface area (Å²) in [6.07, 6.45) is 1.19. The van der Waals surface area contributed by atoms with Crippen molar-refractivity contribution in [2.45, 2.75) is 39.7 Å². The van der Waals surface area contributed by atoms with E-state index in [1.807, 2.05) is 51.1 Å². The number of aliphatic carboxylic acids is 1. The number of hydrogen-bond donors (Lipinski definition) is 2. The van der Waals surface area contributed by atoms with E-state index in [4.69, 9.17) is 0 Å². The molecular formula is C16H23NO3. The molecule has 0 aliphatic heterocycles. The summed E-state index contributed by atoms with van der Waals surface area (Å²) < 4.78 is 0. The van der Waals surface area contributed by atoms with Crippen molar-refractivity contribution < 1.29 is 14.7 Å². The highest BCUT2D eigenvalue weighted by Crippen LogP contribution is 2.15. The van der Waals surface area contributed by atoms with Crippen LogP contribution >= 0.6 is 0 Å². The maximum atomic E-state index is 12.1. The lowest BCUT2D eigenvalue weighted by Gasteiger charge is -2.21. The molecule has 0 spiro atoms. The van der Waals surface area contributed by atoms with Crippen molar-refractivity contribution in [3.05, 3.63) is 35.9 Å². The molecule has 3 atom stereocenters. The van der Waals surface area contributed by atoms with Gasteiger partial charge in [-0.15, -0.1) is 0 Å². The molecule has 0 aliphatic rings. The Kier molecular flexibility index (Phi) is 6.22. The van der Waals surface area contributed by atoms with Crippen LogP contribution in [0.5, 0.6) is 0 Å². The number of benzene rings is 1. The summed E-state index contributed by atoms with van der Waals surface area (Å²) in [5.41, 5.74) is 0.899. The molecule has 1 aromatic carbocycles. The van der Waals surface area contributed by atoms with Gasteiger partial charge in [0.2, 0.25) is 5.91 Å². The van der Waals surface area contributed by atoms with Gasteiger partial charge in [-0.2, -0.15) is 0 Å². The van der Waals surface area contributed by atoms with Crippen molar-refractivity contribution in [1.29, 1.82) is 0 Å². The fraction of sp³-hybridized carbons (Fsp3) is 0.500. The third-order valence-electron chi connectivity index (χ3n) is 3.81. The molecule has 0 bridgehead atoms. The molecule has 0 saturated carbocycles. The van der Waals surface area contributed by atoms with Crippen molar-refractivity contribution in [3.63, 3.8) is 0 Å². The van der Waals surface area contributed by atoms with Gasteiger partial charge in [0.25, 0.3) is 0 Å². The van der Waals surface area contributed by atoms with Crippen molar-refractivity contribution >= 4 is 11.9 Å². The van der Waals surface area contributed by atoms with Gasteiger partial charge in [0, 0.05) is 12.3 Å². The quantitative estimate of drug-likeness (QED) is 0.804. The van der Waals surface area contributed by atoms with Gasteiger partial charge in [-0.1, -0.05) is 57.5 Å². The van der Waals surface area contributed by atoms with E-state index in [2.05, 4.69) is 5.32 Å². The Labute approximate surface area is 120 Å². The average molecular weight is 277 g/mol. The van der Waals surface area contributed by atoms with Gasteiger partial charge in [-0.3, -0.25) is 4.79 Å². The van der Waals surface area contributed by atoms with E-state index in [1.165, 1.54) is 0 Å². The highest BCUT2D eigenvalue weighted by Gasteiger charge is 2.25. The Morgan fingerprint density at radius 3 is 2.30 bits per heavy atom. The third kappa shape index (κ3) is 4.68. The van der Waals surface area contributed by atoms with E-state index < -0.39 is 12.0 Å². The first-order valence-electron chi connectivity index (χ1n) is 7.02. The smallest absolute Gasteiger partial charge is 0.326 e. The molecule has 110 valence electrons. The summed E-state index contributed by atoms with van der Waals surface area (Å²) >= 11 is 0. The van der Waals surface area contributed by atoms with Crippen LogP contribution < -0.4 is 5.32 Å². The van der Waals surface area contributed by atoms with E-state index in [-0.39, 0.29) is 17.7 Å². The summed E-state index contributed by atoms with van der Waals surface area (Å²) in [6, 6.07) is 8.44. The predicted octanol–water partition coefficient (Wildman–Crippen LogP) is 2.48. The Bertz CT molecular complexity index is 444. The van der Waals surface area contributed by atoms with Crippen molar-refractivity contribution in [2.75, 3.05) is 0 Å². The summed E-state index contributed by atoms with van der Waals surface area (Å²) in [6.45, 7) is 5.86. The second kappa shape index (κ2) is 7.68. The van der Waals surface area contributed by atoms with Gasteiger partial charge < -0.3 is 10.4 Å². The van der Waals surface area contributed by atoms with E-state index in [1.54, 1.807) is 0 Å². The monoisotopic (exact) mass is 277 g/mol. The molecular weight excluding hydrogens is 254 g/mol. The number of carbonyl (C=O) groups excluding carboxylic acids is 1. The van der Waals surface area contributed by atoms with Crippen LogP contribution in [0.25, 0.3) is 0 Å². The van der Waals surface area contributed by atoms with Gasteiger partial charge >= 0.3 is 5.97 Å². The fourth-order valence-corrected chi connectivity index (χ4v) is 1.97. The Morgan fingerprint density at radius 2 is 1.80 bits per heavy atom. The van der Waals surface area contributed by atoms with Crippen LogP contribution in [0.15, 0.2) is 30.3 Å². The van der Waals surface area contributed by atoms with Crippen LogP contribution in [0.2, 0.25) is 0 Å². The third-order valence-corrected chi connectivity index (χ3v) is 3.81. The minimum atomic E-state index is -1.00. The molecule has 0 radical (unpaired) electrons. The van der Waals surface area contributed by atoms with Crippen LogP contribution in [0.4, 0.5) is 0 Å². The highest BCUT2D eigenvalue weighted by atomic mass is 16.4. The standard InChI is InChI=1S/C16H23NO3/c1-4-11(2)12(3)15(18)17-14(16(19)20)10-13-8-6-5-7-9-13/h5-9,11-12,14H,4,10H2,1-3H3,(H,17,18)(H,19,20)/t11-,12+,14+/m1/s1. The molecule has 4 heteroatoms. The zero-order valence-corrected chi connectivity index (χ0v) is 12.3. The molecule has 0 unspecified atom stereocenters. The van der Waals surface area contributed by atoms with E-state index in [0.29, 0.717) is 6.42 Å². The lowest BCUT2D eigenvalue weighted by Crippen LogP contribution is -2.45. The lowest BCUT2D eigenvalue weighted by atomic mass is 9.92. The summed E-state index contributed by atoms with van der Waals surface area (Å²) in [5, 5.41) is 11.9. The van der Waals surface area contributed by atoms with Crippen molar-refractivity contribution in [3.8, 4) is 0 Å². The van der Waals surface area contributed by atoms with Crippen LogP contribution in [0, 0.1) is 11.8 Å². The Hall–Kier alpha value is -1.84. The molecule has 1 aromatic rings. The van der Waals surface area contributed by atoms with Crippen LogP contribution in [0.1, 0.15) is 32.8 Å². The molecule has 1 amide bonds. The minimum Gasteiger partial charge on any atom is -0.480 e. The number of hydrogen-bond acceptors (Lipinski definition) is 2. The summed E-state index contributed by atoms with van der Waals surface area (Å²) in [4.78, 5) is 23.4. The number of nitrogens with one attached hydrogen (secondary N) is 1. The maximum absolute atomic E-state index is 12.1. The number of carboxylic acids is 1. The number of carbonyl (C=O) groups is 2. The molecule has 0 fully saturated rings. The van der Waals surface area contributed by atoms with Gasteiger partial charge in [0.05, 0.1) is 0 Å². The SMILES string of the molecule is CC[C@@H](C)[C@H](C)C(=O)N[C@@H](Cc1ccccc1)C(=O)O. The van der Waals surface area contributed by atoms with Crippen LogP contribution in [-0.2, 0) is 16.0 Å². The van der Waals surface area contributed by atoms with Gasteiger partial charge in [0.1, 0.15) is 6.04 Å². The van der Waals surface area contributed by atoms with E-state index in [9.17, 15) is 14.7 Å². The largest absolute Gasteiger partial charge is 0.480 e. The minimum absolute atomic E-state index is 0.183. The van der Waals surface area contributed by atoms with Gasteiger partial charge in [-0.05, 0) is 11.5 Å². The first-order chi connectivity index (χ1) is 9.45. The molecule has 1 rings (SSSR count). The normalized spacial score (nSPS) is 15.2. The molecule has 20 heavy (non-hydrogen) atoms. The molecule has 0 saturated heterocycles. The molecule has 0 aromatic heterocycles. The summed E-state index contributed by atoms with van der Waals surface area (Å²) in [7, 11) is 0. The highest BCUT2D eigenvalue weighted by molar-refractivity contribution is 5.85. The van der Waals surface area contributed by atoms with Crippen LogP contribution in [-0.4, -0.2) is 23.0 Å². The Balaban J connectivity index is 2.68. The summed E-state index contributed by atoms with van der Waals surface area (Å²) in [5.74, 6) is -1.14. The average Bonchev–Trinajstić information content (AvgIpc) is 2.45. The zero-order valence-electron chi connectivity index (χ0n) is 12.3. The zero-order chi connectivity index (χ0) is 15.1.